The molecule has 0 amide bonds. The minimum absolute atomic E-state index is 1.25. The number of para-hydroxylation sites is 1. The fourth-order valence-electron chi connectivity index (χ4n) is 1.04. The molecular formula is C13H16N2. The molecular weight excluding hydrogens is 184 g/mol. The monoisotopic (exact) mass is 200 g/mol. The molecule has 0 fully saturated rings. The predicted octanol–water partition coefficient (Wildman–Crippen LogP) is 2.83. The molecule has 0 unspecified atom stereocenters. The van der Waals surface area contributed by atoms with Crippen LogP contribution in [0.15, 0.2) is 60.9 Å². The fourth-order valence-corrected chi connectivity index (χ4v) is 1.04. The lowest BCUT2D eigenvalue weighted by Gasteiger charge is -2.10. The summed E-state index contributed by atoms with van der Waals surface area (Å²) in [6.07, 6.45) is 3.50. The summed E-state index contributed by atoms with van der Waals surface area (Å²) in [5, 5.41) is 0. The van der Waals surface area contributed by atoms with Gasteiger partial charge in [-0.2, -0.15) is 0 Å². The first-order chi connectivity index (χ1) is 7.30. The number of benzene rings is 1. The van der Waals surface area contributed by atoms with Gasteiger partial charge in [-0.05, 0) is 24.3 Å². The highest BCUT2D eigenvalue weighted by atomic mass is 15.1. The van der Waals surface area contributed by atoms with Crippen LogP contribution in [0.3, 0.4) is 0 Å². The maximum absolute atomic E-state index is 3.78. The molecule has 2 nitrogen and oxygen atoms in total. The van der Waals surface area contributed by atoms with E-state index in [1.165, 1.54) is 5.69 Å². The van der Waals surface area contributed by atoms with Crippen LogP contribution in [-0.4, -0.2) is 19.1 Å². The van der Waals surface area contributed by atoms with Gasteiger partial charge in [0, 0.05) is 32.2 Å². The van der Waals surface area contributed by atoms with E-state index in [1.807, 2.05) is 50.5 Å². The largest absolute Gasteiger partial charge is 0.378 e. The first kappa shape index (κ1) is 11.2. The quantitative estimate of drug-likeness (QED) is 0.703. The number of nitrogens with zero attached hydrogens (tertiary/aromatic N) is 2. The first-order valence-electron chi connectivity index (χ1n) is 4.88. The van der Waals surface area contributed by atoms with E-state index in [2.05, 4.69) is 22.0 Å². The molecule has 0 atom stereocenters. The molecule has 1 heterocycles. The zero-order valence-electron chi connectivity index (χ0n) is 9.17. The first-order valence-corrected chi connectivity index (χ1v) is 4.88. The molecule has 0 saturated carbocycles. The Morgan fingerprint density at radius 3 is 1.60 bits per heavy atom. The topological polar surface area (TPSA) is 16.1 Å². The van der Waals surface area contributed by atoms with Gasteiger partial charge in [0.15, 0.2) is 0 Å². The minimum Gasteiger partial charge on any atom is -0.378 e. The Hall–Kier alpha value is -1.83. The fraction of sp³-hybridized carbons (Fsp3) is 0.154. The lowest BCUT2D eigenvalue weighted by Crippen LogP contribution is -2.07. The molecule has 0 saturated heterocycles. The highest BCUT2D eigenvalue weighted by Gasteiger charge is 1.87. The van der Waals surface area contributed by atoms with Crippen LogP contribution in [-0.2, 0) is 0 Å². The molecule has 2 heteroatoms. The summed E-state index contributed by atoms with van der Waals surface area (Å²) in [7, 11) is 4.07. The molecule has 2 aromatic rings. The van der Waals surface area contributed by atoms with Gasteiger partial charge in [-0.15, -0.1) is 0 Å². The summed E-state index contributed by atoms with van der Waals surface area (Å²) in [5.41, 5.74) is 1.25. The summed E-state index contributed by atoms with van der Waals surface area (Å²) < 4.78 is 0. The molecule has 0 bridgehead atoms. The summed E-state index contributed by atoms with van der Waals surface area (Å²) in [6, 6.07) is 16.0. The number of hydrogen-bond acceptors (Lipinski definition) is 2. The summed E-state index contributed by atoms with van der Waals surface area (Å²) in [6.45, 7) is 0. The summed E-state index contributed by atoms with van der Waals surface area (Å²) >= 11 is 0. The van der Waals surface area contributed by atoms with E-state index < -0.39 is 0 Å². The van der Waals surface area contributed by atoms with Crippen LogP contribution in [0.4, 0.5) is 5.69 Å². The average molecular weight is 200 g/mol. The number of aromatic nitrogens is 1. The zero-order chi connectivity index (χ0) is 10.9. The molecule has 1 aromatic carbocycles. The molecule has 2 rings (SSSR count). The van der Waals surface area contributed by atoms with Crippen LogP contribution in [0.5, 0.6) is 0 Å². The smallest absolute Gasteiger partial charge is 0.0360 e. The summed E-state index contributed by atoms with van der Waals surface area (Å²) in [4.78, 5) is 5.87. The lowest BCUT2D eigenvalue weighted by molar-refractivity contribution is 1.13. The van der Waals surface area contributed by atoms with E-state index in [-0.39, 0.29) is 0 Å². The third kappa shape index (κ3) is 4.81. The molecule has 0 aliphatic heterocycles. The second-order valence-electron chi connectivity index (χ2n) is 3.25. The molecule has 78 valence electrons. The van der Waals surface area contributed by atoms with Gasteiger partial charge >= 0.3 is 0 Å². The molecule has 0 spiro atoms. The van der Waals surface area contributed by atoms with Crippen molar-refractivity contribution in [2.24, 2.45) is 0 Å². The second-order valence-corrected chi connectivity index (χ2v) is 3.25. The van der Waals surface area contributed by atoms with Crippen molar-refractivity contribution < 1.29 is 0 Å². The Balaban J connectivity index is 0.000000162. The van der Waals surface area contributed by atoms with E-state index >= 15 is 0 Å². The second kappa shape index (κ2) is 6.60. The van der Waals surface area contributed by atoms with Crippen LogP contribution in [0.1, 0.15) is 0 Å². The average Bonchev–Trinajstić information content (AvgIpc) is 2.33. The van der Waals surface area contributed by atoms with E-state index in [9.17, 15) is 0 Å². The van der Waals surface area contributed by atoms with E-state index in [0.29, 0.717) is 0 Å². The van der Waals surface area contributed by atoms with E-state index in [1.54, 1.807) is 12.4 Å². The van der Waals surface area contributed by atoms with Crippen molar-refractivity contribution in [2.45, 2.75) is 0 Å². The SMILES string of the molecule is CN(C)c1ccccc1.c1ccncc1. The number of pyridine rings is 1. The standard InChI is InChI=1S/C8H11N.C5H5N/c1-9(2)8-6-4-3-5-7-8;1-2-4-6-5-3-1/h3-7H,1-2H3;1-5H. The van der Waals surface area contributed by atoms with Crippen molar-refractivity contribution >= 4 is 5.69 Å². The van der Waals surface area contributed by atoms with E-state index in [4.69, 9.17) is 0 Å². The van der Waals surface area contributed by atoms with Gasteiger partial charge in [0.05, 0.1) is 0 Å². The van der Waals surface area contributed by atoms with Crippen LogP contribution < -0.4 is 4.90 Å². The van der Waals surface area contributed by atoms with Gasteiger partial charge in [-0.25, -0.2) is 0 Å². The molecule has 0 aliphatic carbocycles. The highest BCUT2D eigenvalue weighted by molar-refractivity contribution is 5.43. The number of anilines is 1. The number of rotatable bonds is 1. The molecule has 15 heavy (non-hydrogen) atoms. The van der Waals surface area contributed by atoms with Crippen molar-refractivity contribution in [3.05, 3.63) is 60.9 Å². The lowest BCUT2D eigenvalue weighted by atomic mass is 10.3. The highest BCUT2D eigenvalue weighted by Crippen LogP contribution is 2.07. The van der Waals surface area contributed by atoms with Crippen molar-refractivity contribution in [2.75, 3.05) is 19.0 Å². The van der Waals surface area contributed by atoms with Gasteiger partial charge in [0.2, 0.25) is 0 Å². The van der Waals surface area contributed by atoms with Gasteiger partial charge in [0.25, 0.3) is 0 Å². The third-order valence-electron chi connectivity index (χ3n) is 1.84. The minimum atomic E-state index is 1.25. The molecule has 0 radical (unpaired) electrons. The predicted molar refractivity (Wildman–Crippen MR) is 65.0 cm³/mol. The van der Waals surface area contributed by atoms with Crippen LogP contribution in [0.25, 0.3) is 0 Å². The van der Waals surface area contributed by atoms with Crippen LogP contribution in [0, 0.1) is 0 Å². The number of hydrogen-bond donors (Lipinski definition) is 0. The normalized spacial score (nSPS) is 8.67. The van der Waals surface area contributed by atoms with Gasteiger partial charge in [0.1, 0.15) is 0 Å². The zero-order valence-corrected chi connectivity index (χ0v) is 9.17. The van der Waals surface area contributed by atoms with Crippen LogP contribution >= 0.6 is 0 Å². The Labute approximate surface area is 91.2 Å². The molecule has 0 N–H and O–H groups in total. The molecule has 0 aliphatic rings. The third-order valence-corrected chi connectivity index (χ3v) is 1.84. The maximum Gasteiger partial charge on any atom is 0.0360 e. The van der Waals surface area contributed by atoms with Gasteiger partial charge < -0.3 is 4.90 Å². The van der Waals surface area contributed by atoms with E-state index in [0.717, 1.165) is 0 Å². The Kier molecular flexibility index (Phi) is 4.95. The van der Waals surface area contributed by atoms with Crippen molar-refractivity contribution in [1.29, 1.82) is 0 Å². The van der Waals surface area contributed by atoms with Gasteiger partial charge in [-0.3, -0.25) is 4.98 Å². The van der Waals surface area contributed by atoms with Crippen molar-refractivity contribution in [3.8, 4) is 0 Å². The maximum atomic E-state index is 3.78. The molecule has 1 aromatic heterocycles. The van der Waals surface area contributed by atoms with Crippen LogP contribution in [0.2, 0.25) is 0 Å². The Morgan fingerprint density at radius 1 is 0.800 bits per heavy atom. The summed E-state index contributed by atoms with van der Waals surface area (Å²) in [5.74, 6) is 0. The Morgan fingerprint density at radius 2 is 1.33 bits per heavy atom. The Bertz CT molecular complexity index is 317. The van der Waals surface area contributed by atoms with Gasteiger partial charge in [-0.1, -0.05) is 24.3 Å². The van der Waals surface area contributed by atoms with Crippen molar-refractivity contribution in [3.63, 3.8) is 0 Å². The van der Waals surface area contributed by atoms with Crippen molar-refractivity contribution in [1.82, 2.24) is 4.98 Å².